The van der Waals surface area contributed by atoms with Crippen LogP contribution in [0.4, 0.5) is 0 Å². The van der Waals surface area contributed by atoms with E-state index in [4.69, 9.17) is 4.74 Å². The third-order valence-electron chi connectivity index (χ3n) is 3.94. The van der Waals surface area contributed by atoms with E-state index in [1.54, 1.807) is 12.4 Å². The molecule has 2 heterocycles. The van der Waals surface area contributed by atoms with Crippen LogP contribution in [0.15, 0.2) is 12.4 Å². The van der Waals surface area contributed by atoms with Gasteiger partial charge >= 0.3 is 0 Å². The van der Waals surface area contributed by atoms with E-state index in [1.807, 2.05) is 13.8 Å². The van der Waals surface area contributed by atoms with Crippen molar-refractivity contribution < 1.29 is 9.84 Å². The summed E-state index contributed by atoms with van der Waals surface area (Å²) < 4.78 is 5.55. The number of nitrogens with zero attached hydrogens (tertiary/aromatic N) is 2. The lowest BCUT2D eigenvalue weighted by Gasteiger charge is -2.41. The lowest BCUT2D eigenvalue weighted by atomic mass is 9.76. The van der Waals surface area contributed by atoms with Gasteiger partial charge in [-0.05, 0) is 32.1 Å². The van der Waals surface area contributed by atoms with Crippen molar-refractivity contribution in [2.45, 2.75) is 58.7 Å². The molecule has 5 heteroatoms. The second kappa shape index (κ2) is 6.06. The first kappa shape index (κ1) is 15.2. The molecule has 1 aromatic rings. The van der Waals surface area contributed by atoms with Crippen molar-refractivity contribution in [3.63, 3.8) is 0 Å². The number of rotatable bonds is 4. The highest BCUT2D eigenvalue weighted by atomic mass is 16.5. The van der Waals surface area contributed by atoms with E-state index in [2.05, 4.69) is 29.1 Å². The molecule has 0 spiro atoms. The van der Waals surface area contributed by atoms with Crippen LogP contribution in [0.3, 0.4) is 0 Å². The maximum atomic E-state index is 9.51. The first-order valence-corrected chi connectivity index (χ1v) is 7.28. The fourth-order valence-corrected chi connectivity index (χ4v) is 2.58. The zero-order valence-electron chi connectivity index (χ0n) is 12.8. The topological polar surface area (TPSA) is 67.3 Å². The molecule has 1 fully saturated rings. The molecule has 0 aliphatic carbocycles. The smallest absolute Gasteiger partial charge is 0.156 e. The van der Waals surface area contributed by atoms with Gasteiger partial charge < -0.3 is 15.2 Å². The third kappa shape index (κ3) is 3.46. The van der Waals surface area contributed by atoms with Crippen molar-refractivity contribution in [2.24, 2.45) is 5.41 Å². The van der Waals surface area contributed by atoms with Gasteiger partial charge in [-0.15, -0.1) is 0 Å². The Hall–Kier alpha value is -1.20. The molecule has 1 aliphatic heterocycles. The van der Waals surface area contributed by atoms with Gasteiger partial charge in [-0.2, -0.15) is 0 Å². The number of piperidine rings is 1. The zero-order chi connectivity index (χ0) is 14.8. The Morgan fingerprint density at radius 2 is 2.05 bits per heavy atom. The van der Waals surface area contributed by atoms with Crippen molar-refractivity contribution in [3.8, 4) is 5.75 Å². The van der Waals surface area contributed by atoms with Crippen LogP contribution in [-0.2, 0) is 0 Å². The number of hydrogen-bond acceptors (Lipinski definition) is 5. The maximum absolute atomic E-state index is 9.51. The van der Waals surface area contributed by atoms with Gasteiger partial charge in [0.25, 0.3) is 0 Å². The van der Waals surface area contributed by atoms with Crippen LogP contribution in [0.5, 0.6) is 5.75 Å². The number of aliphatic hydroxyl groups excluding tert-OH is 1. The first-order chi connectivity index (χ1) is 9.42. The van der Waals surface area contributed by atoms with Gasteiger partial charge in [0.1, 0.15) is 5.82 Å². The van der Waals surface area contributed by atoms with Crippen molar-refractivity contribution in [2.75, 3.05) is 6.61 Å². The van der Waals surface area contributed by atoms with E-state index in [9.17, 15) is 5.11 Å². The van der Waals surface area contributed by atoms with Crippen LogP contribution in [0.2, 0.25) is 0 Å². The second-order valence-electron chi connectivity index (χ2n) is 6.43. The van der Waals surface area contributed by atoms with Crippen LogP contribution >= 0.6 is 0 Å². The lowest BCUT2D eigenvalue weighted by Crippen LogP contribution is -2.50. The van der Waals surface area contributed by atoms with Crippen molar-refractivity contribution in [3.05, 3.63) is 18.2 Å². The molecule has 1 aliphatic rings. The summed E-state index contributed by atoms with van der Waals surface area (Å²) >= 11 is 0. The molecule has 2 unspecified atom stereocenters. The monoisotopic (exact) mass is 279 g/mol. The summed E-state index contributed by atoms with van der Waals surface area (Å²) in [6.45, 7) is 8.45. The Balaban J connectivity index is 2.05. The highest BCUT2D eigenvalue weighted by Gasteiger charge is 2.36. The molecule has 0 saturated carbocycles. The Bertz CT molecular complexity index is 431. The van der Waals surface area contributed by atoms with Crippen LogP contribution in [0, 0.1) is 5.41 Å². The molecule has 1 aromatic heterocycles. The average Bonchev–Trinajstić information content (AvgIpc) is 2.39. The van der Waals surface area contributed by atoms with E-state index >= 15 is 0 Å². The Kier molecular flexibility index (Phi) is 4.60. The van der Waals surface area contributed by atoms with Gasteiger partial charge in [0.15, 0.2) is 5.75 Å². The molecular weight excluding hydrogens is 254 g/mol. The summed E-state index contributed by atoms with van der Waals surface area (Å²) in [6, 6.07) is 0.185. The second-order valence-corrected chi connectivity index (χ2v) is 6.43. The predicted molar refractivity (Wildman–Crippen MR) is 77.6 cm³/mol. The Morgan fingerprint density at radius 1 is 1.40 bits per heavy atom. The van der Waals surface area contributed by atoms with Crippen LogP contribution in [0.1, 0.15) is 52.4 Å². The summed E-state index contributed by atoms with van der Waals surface area (Å²) in [5.74, 6) is 1.47. The highest BCUT2D eigenvalue weighted by Crippen LogP contribution is 2.36. The summed E-state index contributed by atoms with van der Waals surface area (Å²) in [7, 11) is 0. The minimum Gasteiger partial charge on any atom is -0.488 e. The molecule has 0 aromatic carbocycles. The van der Waals surface area contributed by atoms with Crippen molar-refractivity contribution in [1.29, 1.82) is 0 Å². The van der Waals surface area contributed by atoms with E-state index in [-0.39, 0.29) is 30.2 Å². The van der Waals surface area contributed by atoms with Crippen LogP contribution < -0.4 is 10.1 Å². The normalized spacial score (nSPS) is 25.7. The predicted octanol–water partition coefficient (Wildman–Crippen LogP) is 2.08. The molecule has 2 N–H and O–H groups in total. The standard InChI is InChI=1S/C15H25N3O2/c1-10(2)20-11-7-16-14(17-8-11)12-5-6-15(3,4)13(9-19)18-12/h7-8,10,12-13,18-19H,5-6,9H2,1-4H3. The molecule has 1 saturated heterocycles. The number of nitrogens with one attached hydrogen (secondary N) is 1. The molecule has 20 heavy (non-hydrogen) atoms. The van der Waals surface area contributed by atoms with Crippen LogP contribution in [0.25, 0.3) is 0 Å². The lowest BCUT2D eigenvalue weighted by molar-refractivity contribution is 0.0879. The van der Waals surface area contributed by atoms with E-state index in [1.165, 1.54) is 0 Å². The van der Waals surface area contributed by atoms with E-state index < -0.39 is 0 Å². The largest absolute Gasteiger partial charge is 0.488 e. The highest BCUT2D eigenvalue weighted by molar-refractivity contribution is 5.14. The van der Waals surface area contributed by atoms with Gasteiger partial charge in [0.2, 0.25) is 0 Å². The zero-order valence-corrected chi connectivity index (χ0v) is 12.8. The number of aliphatic hydroxyl groups is 1. The molecule has 0 radical (unpaired) electrons. The number of ether oxygens (including phenoxy) is 1. The summed E-state index contributed by atoms with van der Waals surface area (Å²) in [4.78, 5) is 8.78. The van der Waals surface area contributed by atoms with Gasteiger partial charge in [-0.3, -0.25) is 0 Å². The summed E-state index contributed by atoms with van der Waals surface area (Å²) in [6.07, 6.45) is 5.59. The molecular formula is C15H25N3O2. The SMILES string of the molecule is CC(C)Oc1cnc(C2CCC(C)(C)C(CO)N2)nc1. The van der Waals surface area contributed by atoms with Crippen LogP contribution in [-0.4, -0.2) is 33.8 Å². The average molecular weight is 279 g/mol. The minimum atomic E-state index is 0.0800. The van der Waals surface area contributed by atoms with Crippen molar-refractivity contribution >= 4 is 0 Å². The van der Waals surface area contributed by atoms with Crippen molar-refractivity contribution in [1.82, 2.24) is 15.3 Å². The minimum absolute atomic E-state index is 0.0800. The van der Waals surface area contributed by atoms with Gasteiger partial charge in [-0.1, -0.05) is 13.8 Å². The maximum Gasteiger partial charge on any atom is 0.156 e. The third-order valence-corrected chi connectivity index (χ3v) is 3.94. The number of hydrogen-bond donors (Lipinski definition) is 2. The van der Waals surface area contributed by atoms with Gasteiger partial charge in [-0.25, -0.2) is 9.97 Å². The molecule has 0 bridgehead atoms. The molecule has 2 atom stereocenters. The summed E-state index contributed by atoms with van der Waals surface area (Å²) in [5, 5.41) is 13.0. The molecule has 0 amide bonds. The Labute approximate surface area is 120 Å². The molecule has 112 valence electrons. The van der Waals surface area contributed by atoms with E-state index in [0.29, 0.717) is 5.75 Å². The molecule has 5 nitrogen and oxygen atoms in total. The molecule has 2 rings (SSSR count). The number of aromatic nitrogens is 2. The first-order valence-electron chi connectivity index (χ1n) is 7.28. The van der Waals surface area contributed by atoms with Gasteiger partial charge in [0.05, 0.1) is 31.1 Å². The fraction of sp³-hybridized carbons (Fsp3) is 0.733. The summed E-state index contributed by atoms with van der Waals surface area (Å²) in [5.41, 5.74) is 0.103. The quantitative estimate of drug-likeness (QED) is 0.883. The van der Waals surface area contributed by atoms with E-state index in [0.717, 1.165) is 18.7 Å². The Morgan fingerprint density at radius 3 is 2.60 bits per heavy atom. The fourth-order valence-electron chi connectivity index (χ4n) is 2.58. The van der Waals surface area contributed by atoms with Gasteiger partial charge in [0, 0.05) is 6.04 Å².